The topological polar surface area (TPSA) is 70.9 Å². The van der Waals surface area contributed by atoms with E-state index in [4.69, 9.17) is 4.74 Å². The Bertz CT molecular complexity index is 1210. The van der Waals surface area contributed by atoms with E-state index in [1.807, 2.05) is 42.5 Å². The van der Waals surface area contributed by atoms with Gasteiger partial charge in [0.05, 0.1) is 15.2 Å². The Labute approximate surface area is 217 Å². The zero-order valence-electron chi connectivity index (χ0n) is 20.1. The van der Waals surface area contributed by atoms with Crippen LogP contribution in [0.5, 0.6) is 11.5 Å². The molecule has 0 bridgehead atoms. The number of halogens is 2. The van der Waals surface area contributed by atoms with Crippen molar-refractivity contribution in [3.8, 4) is 11.5 Å². The lowest BCUT2D eigenvalue weighted by Crippen LogP contribution is -2.26. The van der Waals surface area contributed by atoms with Crippen molar-refractivity contribution in [1.82, 2.24) is 5.43 Å². The number of rotatable bonds is 7. The highest BCUT2D eigenvalue weighted by Crippen LogP contribution is 2.42. The molecule has 0 aliphatic carbocycles. The number of phenolic OH excluding ortho intramolecular Hbond substituents is 1. The Morgan fingerprint density at radius 3 is 2.35 bits per heavy atom. The predicted octanol–water partition coefficient (Wildman–Crippen LogP) is 7.31. The first kappa shape index (κ1) is 26.2. The molecule has 3 aromatic carbocycles. The lowest BCUT2D eigenvalue weighted by atomic mass is 9.72. The summed E-state index contributed by atoms with van der Waals surface area (Å²) in [5, 5.41) is 16.0. The van der Waals surface area contributed by atoms with Crippen molar-refractivity contribution < 1.29 is 14.6 Å². The van der Waals surface area contributed by atoms with Crippen LogP contribution in [0.25, 0.3) is 10.8 Å². The van der Waals surface area contributed by atoms with Crippen molar-refractivity contribution in [1.29, 1.82) is 0 Å². The third-order valence-electron chi connectivity index (χ3n) is 5.43. The van der Waals surface area contributed by atoms with Crippen LogP contribution >= 0.6 is 31.9 Å². The number of amides is 1. The molecular weight excluding hydrogens is 560 g/mol. The molecule has 34 heavy (non-hydrogen) atoms. The van der Waals surface area contributed by atoms with Crippen LogP contribution in [-0.2, 0) is 10.2 Å². The molecule has 1 amide bonds. The zero-order valence-corrected chi connectivity index (χ0v) is 23.2. The molecule has 0 spiro atoms. The Kier molecular flexibility index (Phi) is 8.09. The van der Waals surface area contributed by atoms with E-state index in [0.717, 1.165) is 26.1 Å². The van der Waals surface area contributed by atoms with Crippen molar-refractivity contribution in [3.05, 3.63) is 68.6 Å². The number of fused-ring (bicyclic) bond motifs is 1. The SMILES string of the molecule is CC(C)(C)CC(C)(C)c1cc(Br)c(OCC(=O)N/N=C/c2c(O)ccc3ccccc23)c(Br)c1. The van der Waals surface area contributed by atoms with Crippen LogP contribution < -0.4 is 10.2 Å². The average Bonchev–Trinajstić information content (AvgIpc) is 2.73. The van der Waals surface area contributed by atoms with Crippen LogP contribution in [0.4, 0.5) is 0 Å². The molecule has 3 aromatic rings. The molecule has 0 saturated carbocycles. The third kappa shape index (κ3) is 6.60. The molecule has 0 saturated heterocycles. The maximum atomic E-state index is 12.3. The summed E-state index contributed by atoms with van der Waals surface area (Å²) in [6, 6.07) is 15.2. The average molecular weight is 590 g/mol. The summed E-state index contributed by atoms with van der Waals surface area (Å²) in [4.78, 5) is 12.3. The number of nitrogens with zero attached hydrogens (tertiary/aromatic N) is 1. The quantitative estimate of drug-likeness (QED) is 0.224. The number of carbonyl (C=O) groups is 1. The second-order valence-corrected chi connectivity index (χ2v) is 11.9. The summed E-state index contributed by atoms with van der Waals surface area (Å²) in [5.74, 6) is 0.239. The van der Waals surface area contributed by atoms with Crippen molar-refractivity contribution in [3.63, 3.8) is 0 Å². The number of hydrogen-bond donors (Lipinski definition) is 2. The van der Waals surface area contributed by atoms with E-state index >= 15 is 0 Å². The van der Waals surface area contributed by atoms with Crippen molar-refractivity contribution in [2.75, 3.05) is 6.61 Å². The number of hydrogen-bond acceptors (Lipinski definition) is 4. The van der Waals surface area contributed by atoms with E-state index in [0.29, 0.717) is 11.3 Å². The van der Waals surface area contributed by atoms with E-state index in [-0.39, 0.29) is 23.2 Å². The van der Waals surface area contributed by atoms with Crippen LogP contribution in [0.1, 0.15) is 52.2 Å². The monoisotopic (exact) mass is 588 g/mol. The van der Waals surface area contributed by atoms with Gasteiger partial charge in [0, 0.05) is 5.56 Å². The molecule has 0 atom stereocenters. The van der Waals surface area contributed by atoms with Crippen molar-refractivity contribution in [2.45, 2.75) is 46.5 Å². The molecule has 7 heteroatoms. The summed E-state index contributed by atoms with van der Waals surface area (Å²) in [7, 11) is 0. The number of phenols is 1. The minimum Gasteiger partial charge on any atom is -0.507 e. The van der Waals surface area contributed by atoms with Gasteiger partial charge in [0.1, 0.15) is 11.5 Å². The lowest BCUT2D eigenvalue weighted by molar-refractivity contribution is -0.123. The van der Waals surface area contributed by atoms with Crippen molar-refractivity contribution in [2.24, 2.45) is 10.5 Å². The largest absolute Gasteiger partial charge is 0.507 e. The molecule has 180 valence electrons. The molecule has 5 nitrogen and oxygen atoms in total. The van der Waals surface area contributed by atoms with Crippen LogP contribution in [0.2, 0.25) is 0 Å². The normalized spacial score (nSPS) is 12.3. The standard InChI is InChI=1S/C27H30Br2N2O3/c1-26(2,3)16-27(4,5)18-12-21(28)25(22(29)13-18)34-15-24(33)31-30-14-20-19-9-7-6-8-17(19)10-11-23(20)32/h6-14,32H,15-16H2,1-5H3,(H,31,33)/b30-14+. The molecule has 0 heterocycles. The molecule has 0 aliphatic rings. The van der Waals surface area contributed by atoms with Gasteiger partial charge in [0.2, 0.25) is 0 Å². The molecule has 0 radical (unpaired) electrons. The highest BCUT2D eigenvalue weighted by Gasteiger charge is 2.28. The molecule has 0 fully saturated rings. The van der Waals surface area contributed by atoms with Crippen LogP contribution in [0, 0.1) is 5.41 Å². The second kappa shape index (κ2) is 10.5. The fraction of sp³-hybridized carbons (Fsp3) is 0.333. The first-order valence-corrected chi connectivity index (χ1v) is 12.6. The van der Waals surface area contributed by atoms with Crippen LogP contribution in [0.15, 0.2) is 62.6 Å². The van der Waals surface area contributed by atoms with Gasteiger partial charge in [-0.2, -0.15) is 5.10 Å². The first-order chi connectivity index (χ1) is 15.9. The van der Waals surface area contributed by atoms with E-state index in [1.165, 1.54) is 11.8 Å². The van der Waals surface area contributed by atoms with E-state index in [1.54, 1.807) is 6.07 Å². The predicted molar refractivity (Wildman–Crippen MR) is 146 cm³/mol. The van der Waals surface area contributed by atoms with Crippen molar-refractivity contribution >= 4 is 54.8 Å². The second-order valence-electron chi connectivity index (χ2n) is 10.2. The van der Waals surface area contributed by atoms with Gasteiger partial charge in [-0.25, -0.2) is 5.43 Å². The summed E-state index contributed by atoms with van der Waals surface area (Å²) >= 11 is 7.18. The minimum atomic E-state index is -0.410. The van der Waals surface area contributed by atoms with Gasteiger partial charge in [0.15, 0.2) is 6.61 Å². The number of hydrazone groups is 1. The van der Waals surface area contributed by atoms with Gasteiger partial charge in [-0.1, -0.05) is 65.0 Å². The molecule has 0 unspecified atom stereocenters. The fourth-order valence-electron chi connectivity index (χ4n) is 4.27. The zero-order chi connectivity index (χ0) is 25.1. The smallest absolute Gasteiger partial charge is 0.277 e. The molecular formula is C27H30Br2N2O3. The van der Waals surface area contributed by atoms with Gasteiger partial charge < -0.3 is 9.84 Å². The molecule has 2 N–H and O–H groups in total. The lowest BCUT2D eigenvalue weighted by Gasteiger charge is -2.33. The highest BCUT2D eigenvalue weighted by atomic mass is 79.9. The molecule has 3 rings (SSSR count). The van der Waals surface area contributed by atoms with Crippen LogP contribution in [-0.4, -0.2) is 23.8 Å². The summed E-state index contributed by atoms with van der Waals surface area (Å²) in [5.41, 5.74) is 4.34. The Balaban J connectivity index is 1.66. The number of benzene rings is 3. The summed E-state index contributed by atoms with van der Waals surface area (Å²) in [6.45, 7) is 11.0. The number of nitrogens with one attached hydrogen (secondary N) is 1. The van der Waals surface area contributed by atoms with E-state index < -0.39 is 5.91 Å². The maximum Gasteiger partial charge on any atom is 0.277 e. The van der Waals surface area contributed by atoms with E-state index in [9.17, 15) is 9.90 Å². The van der Waals surface area contributed by atoms with Gasteiger partial charge in [-0.15, -0.1) is 0 Å². The van der Waals surface area contributed by atoms with Gasteiger partial charge in [-0.3, -0.25) is 4.79 Å². The minimum absolute atomic E-state index is 0.0267. The summed E-state index contributed by atoms with van der Waals surface area (Å²) < 4.78 is 7.31. The number of ether oxygens (including phenoxy) is 1. The highest BCUT2D eigenvalue weighted by molar-refractivity contribution is 9.11. The molecule has 0 aromatic heterocycles. The third-order valence-corrected chi connectivity index (χ3v) is 6.61. The first-order valence-electron chi connectivity index (χ1n) is 11.0. The Morgan fingerprint density at radius 2 is 1.71 bits per heavy atom. The molecule has 0 aliphatic heterocycles. The van der Waals surface area contributed by atoms with Gasteiger partial charge in [0.25, 0.3) is 5.91 Å². The fourth-order valence-corrected chi connectivity index (χ4v) is 5.69. The summed E-state index contributed by atoms with van der Waals surface area (Å²) in [6.07, 6.45) is 2.46. The Hall–Kier alpha value is -2.38. The van der Waals surface area contributed by atoms with E-state index in [2.05, 4.69) is 77.0 Å². The van der Waals surface area contributed by atoms with Crippen LogP contribution in [0.3, 0.4) is 0 Å². The maximum absolute atomic E-state index is 12.3. The number of carbonyl (C=O) groups excluding carboxylic acids is 1. The Morgan fingerprint density at radius 1 is 1.06 bits per heavy atom. The van der Waals surface area contributed by atoms with Gasteiger partial charge in [-0.05, 0) is 83.6 Å². The number of aromatic hydroxyl groups is 1. The van der Waals surface area contributed by atoms with Gasteiger partial charge >= 0.3 is 0 Å².